The maximum absolute atomic E-state index is 11.8. The fourth-order valence-electron chi connectivity index (χ4n) is 1.47. The van der Waals surface area contributed by atoms with Crippen molar-refractivity contribution in [1.82, 2.24) is 10.6 Å². The van der Waals surface area contributed by atoms with Gasteiger partial charge in [-0.05, 0) is 40.8 Å². The molecule has 1 saturated heterocycles. The fraction of sp³-hybridized carbons (Fsp3) is 0.364. The lowest BCUT2D eigenvalue weighted by Gasteiger charge is -2.27. The van der Waals surface area contributed by atoms with Crippen LogP contribution in [0.1, 0.15) is 10.4 Å². The third-order valence-corrected chi connectivity index (χ3v) is 4.17. The number of carbonyl (C=O) groups is 1. The number of benzene rings is 1. The highest BCUT2D eigenvalue weighted by Gasteiger charge is 2.17. The van der Waals surface area contributed by atoms with E-state index in [4.69, 9.17) is 11.6 Å². The van der Waals surface area contributed by atoms with Crippen molar-refractivity contribution in [2.45, 2.75) is 0 Å². The Labute approximate surface area is 125 Å². The number of halogens is 3. The van der Waals surface area contributed by atoms with Crippen molar-refractivity contribution in [3.63, 3.8) is 0 Å². The van der Waals surface area contributed by atoms with Gasteiger partial charge in [0.25, 0.3) is 5.91 Å². The van der Waals surface area contributed by atoms with E-state index in [0.29, 0.717) is 16.5 Å². The van der Waals surface area contributed by atoms with Gasteiger partial charge in [0, 0.05) is 34.7 Å². The average Bonchev–Trinajstić information content (AvgIpc) is 2.19. The molecule has 1 amide bonds. The van der Waals surface area contributed by atoms with E-state index in [1.54, 1.807) is 12.1 Å². The van der Waals surface area contributed by atoms with E-state index >= 15 is 0 Å². The Morgan fingerprint density at radius 3 is 2.76 bits per heavy atom. The monoisotopic (exact) mass is 386 g/mol. The molecule has 17 heavy (non-hydrogen) atoms. The molecule has 94 valence electrons. The molecule has 3 nitrogen and oxygen atoms in total. The highest BCUT2D eigenvalue weighted by Crippen LogP contribution is 2.19. The van der Waals surface area contributed by atoms with Crippen LogP contribution in [0.15, 0.2) is 18.2 Å². The predicted octanol–water partition coefficient (Wildman–Crippen LogP) is 2.32. The minimum Gasteiger partial charge on any atom is -0.352 e. The maximum Gasteiger partial charge on any atom is 0.251 e. The molecule has 1 aliphatic heterocycles. The molecule has 0 bridgehead atoms. The van der Waals surface area contributed by atoms with Crippen molar-refractivity contribution in [2.75, 3.05) is 19.6 Å². The molecule has 0 aliphatic carbocycles. The molecular weight excluding hydrogens is 374 g/mol. The summed E-state index contributed by atoms with van der Waals surface area (Å²) >= 11 is 8.10. The summed E-state index contributed by atoms with van der Waals surface area (Å²) in [5.74, 6) is 0.522. The molecule has 1 fully saturated rings. The molecule has 1 heterocycles. The largest absolute Gasteiger partial charge is 0.352 e. The van der Waals surface area contributed by atoms with Gasteiger partial charge in [-0.1, -0.05) is 11.6 Å². The molecule has 0 radical (unpaired) electrons. The summed E-state index contributed by atoms with van der Waals surface area (Å²) in [6.07, 6.45) is 0. The second kappa shape index (κ2) is 6.78. The molecule has 6 heteroatoms. The van der Waals surface area contributed by atoms with Crippen LogP contribution in [0.2, 0.25) is 5.02 Å². The van der Waals surface area contributed by atoms with Crippen molar-refractivity contribution in [3.8, 4) is 0 Å². The van der Waals surface area contributed by atoms with Crippen LogP contribution in [0.4, 0.5) is 0 Å². The van der Waals surface area contributed by atoms with Gasteiger partial charge >= 0.3 is 0 Å². The first-order valence-corrected chi connectivity index (χ1v) is 6.56. The van der Waals surface area contributed by atoms with E-state index in [2.05, 4.69) is 33.2 Å². The summed E-state index contributed by atoms with van der Waals surface area (Å²) in [5.41, 5.74) is 0.623. The second-order valence-electron chi connectivity index (χ2n) is 3.86. The Bertz CT molecular complexity index is 410. The van der Waals surface area contributed by atoms with Gasteiger partial charge in [-0.25, -0.2) is 0 Å². The standard InChI is InChI=1S/C11H12ClIN2O.ClH/c12-9-3-8(1-2-10(9)13)11(16)15-6-7-4-14-5-7;/h1-3,7,14H,4-6H2,(H,15,16);1H. The Kier molecular flexibility index (Phi) is 5.99. The smallest absolute Gasteiger partial charge is 0.251 e. The van der Waals surface area contributed by atoms with Gasteiger partial charge in [-0.2, -0.15) is 0 Å². The van der Waals surface area contributed by atoms with Crippen LogP contribution in [-0.4, -0.2) is 25.5 Å². The first-order valence-electron chi connectivity index (χ1n) is 5.11. The Hall–Kier alpha value is -0.0400. The van der Waals surface area contributed by atoms with E-state index in [9.17, 15) is 4.79 Å². The quantitative estimate of drug-likeness (QED) is 0.782. The summed E-state index contributed by atoms with van der Waals surface area (Å²) in [6.45, 7) is 2.72. The van der Waals surface area contributed by atoms with Crippen LogP contribution in [0.5, 0.6) is 0 Å². The fourth-order valence-corrected chi connectivity index (χ4v) is 1.99. The van der Waals surface area contributed by atoms with E-state index in [1.165, 1.54) is 0 Å². The molecule has 2 N–H and O–H groups in total. The average molecular weight is 387 g/mol. The molecule has 0 atom stereocenters. The van der Waals surface area contributed by atoms with Crippen molar-refractivity contribution >= 4 is 52.5 Å². The Morgan fingerprint density at radius 2 is 2.24 bits per heavy atom. The van der Waals surface area contributed by atoms with Gasteiger partial charge in [0.15, 0.2) is 0 Å². The van der Waals surface area contributed by atoms with Crippen LogP contribution in [0.25, 0.3) is 0 Å². The first-order chi connectivity index (χ1) is 7.66. The predicted molar refractivity (Wildman–Crippen MR) is 80.1 cm³/mol. The molecule has 1 aliphatic rings. The van der Waals surface area contributed by atoms with Crippen molar-refractivity contribution < 1.29 is 4.79 Å². The van der Waals surface area contributed by atoms with Gasteiger partial charge in [-0.3, -0.25) is 4.79 Å². The maximum atomic E-state index is 11.8. The van der Waals surface area contributed by atoms with E-state index < -0.39 is 0 Å². The van der Waals surface area contributed by atoms with Crippen LogP contribution < -0.4 is 10.6 Å². The number of carbonyl (C=O) groups excluding carboxylic acids is 1. The van der Waals surface area contributed by atoms with Gasteiger partial charge in [0.2, 0.25) is 0 Å². The number of amides is 1. The molecule has 1 aromatic carbocycles. The van der Waals surface area contributed by atoms with Crippen molar-refractivity contribution in [1.29, 1.82) is 0 Å². The zero-order valence-corrected chi connectivity index (χ0v) is 12.7. The zero-order valence-electron chi connectivity index (χ0n) is 9.00. The van der Waals surface area contributed by atoms with Crippen LogP contribution >= 0.6 is 46.6 Å². The van der Waals surface area contributed by atoms with E-state index in [-0.39, 0.29) is 18.3 Å². The lowest BCUT2D eigenvalue weighted by atomic mass is 10.0. The summed E-state index contributed by atoms with van der Waals surface area (Å²) < 4.78 is 0.957. The molecular formula is C11H13Cl2IN2O. The van der Waals surface area contributed by atoms with Gasteiger partial charge in [-0.15, -0.1) is 12.4 Å². The topological polar surface area (TPSA) is 41.1 Å². The SMILES string of the molecule is Cl.O=C(NCC1CNC1)c1ccc(I)c(Cl)c1. The summed E-state index contributed by atoms with van der Waals surface area (Å²) in [4.78, 5) is 11.8. The summed E-state index contributed by atoms with van der Waals surface area (Å²) in [5, 5.41) is 6.70. The minimum absolute atomic E-state index is 0. The van der Waals surface area contributed by atoms with Crippen molar-refractivity contribution in [2.24, 2.45) is 5.92 Å². The lowest BCUT2D eigenvalue weighted by Crippen LogP contribution is -2.48. The second-order valence-corrected chi connectivity index (χ2v) is 5.43. The Morgan fingerprint density at radius 1 is 1.53 bits per heavy atom. The zero-order chi connectivity index (χ0) is 11.5. The minimum atomic E-state index is -0.0507. The normalized spacial score (nSPS) is 14.7. The van der Waals surface area contributed by atoms with Crippen LogP contribution in [-0.2, 0) is 0 Å². The molecule has 2 rings (SSSR count). The number of nitrogens with one attached hydrogen (secondary N) is 2. The highest BCUT2D eigenvalue weighted by molar-refractivity contribution is 14.1. The number of hydrogen-bond donors (Lipinski definition) is 2. The van der Waals surface area contributed by atoms with Gasteiger partial charge < -0.3 is 10.6 Å². The number of hydrogen-bond acceptors (Lipinski definition) is 2. The van der Waals surface area contributed by atoms with E-state index in [1.807, 2.05) is 6.07 Å². The molecule has 0 aromatic heterocycles. The molecule has 1 aromatic rings. The van der Waals surface area contributed by atoms with Gasteiger partial charge in [0.1, 0.15) is 0 Å². The van der Waals surface area contributed by atoms with E-state index in [0.717, 1.165) is 23.2 Å². The first kappa shape index (κ1) is 15.0. The third kappa shape index (κ3) is 3.98. The van der Waals surface area contributed by atoms with Crippen LogP contribution in [0.3, 0.4) is 0 Å². The van der Waals surface area contributed by atoms with Crippen LogP contribution in [0, 0.1) is 9.49 Å². The molecule has 0 spiro atoms. The third-order valence-electron chi connectivity index (χ3n) is 2.60. The van der Waals surface area contributed by atoms with Crippen molar-refractivity contribution in [3.05, 3.63) is 32.4 Å². The Balaban J connectivity index is 0.00000144. The van der Waals surface area contributed by atoms with Gasteiger partial charge in [0.05, 0.1) is 5.02 Å². The number of rotatable bonds is 3. The lowest BCUT2D eigenvalue weighted by molar-refractivity contribution is 0.0942. The molecule has 0 unspecified atom stereocenters. The summed E-state index contributed by atoms with van der Waals surface area (Å²) in [7, 11) is 0. The summed E-state index contributed by atoms with van der Waals surface area (Å²) in [6, 6.07) is 5.35. The molecule has 0 saturated carbocycles. The highest BCUT2D eigenvalue weighted by atomic mass is 127.